The topological polar surface area (TPSA) is 54.2 Å². The third kappa shape index (κ3) is 3.29. The van der Waals surface area contributed by atoms with Gasteiger partial charge >= 0.3 is 0 Å². The second kappa shape index (κ2) is 6.88. The van der Waals surface area contributed by atoms with E-state index >= 15 is 0 Å². The largest absolute Gasteiger partial charge is 0.393 e. The predicted octanol–water partition coefficient (Wildman–Crippen LogP) is 2.20. The van der Waals surface area contributed by atoms with Gasteiger partial charge in [0.05, 0.1) is 12.6 Å². The lowest BCUT2D eigenvalue weighted by Crippen LogP contribution is -2.48. The van der Waals surface area contributed by atoms with E-state index in [1.54, 1.807) is 6.33 Å². The third-order valence-electron chi connectivity index (χ3n) is 5.28. The highest BCUT2D eigenvalue weighted by Gasteiger charge is 2.35. The van der Waals surface area contributed by atoms with Gasteiger partial charge in [0.1, 0.15) is 12.2 Å². The zero-order valence-corrected chi connectivity index (χ0v) is 13.1. The van der Waals surface area contributed by atoms with E-state index in [1.807, 2.05) is 4.68 Å². The van der Waals surface area contributed by atoms with E-state index in [0.717, 1.165) is 31.9 Å². The number of hydrogen-bond donors (Lipinski definition) is 1. The van der Waals surface area contributed by atoms with Gasteiger partial charge in [0, 0.05) is 18.5 Å². The molecule has 2 heterocycles. The molecule has 118 valence electrons. The molecule has 3 unspecified atom stereocenters. The average Bonchev–Trinajstić information content (AvgIpc) is 2.96. The molecular weight excluding hydrogens is 264 g/mol. The van der Waals surface area contributed by atoms with Crippen LogP contribution in [0.1, 0.15) is 57.7 Å². The molecule has 1 saturated carbocycles. The van der Waals surface area contributed by atoms with Crippen molar-refractivity contribution in [2.45, 2.75) is 77.1 Å². The zero-order chi connectivity index (χ0) is 14.7. The number of hydrogen-bond acceptors (Lipinski definition) is 4. The molecule has 1 N–H and O–H groups in total. The molecule has 2 aliphatic rings. The van der Waals surface area contributed by atoms with E-state index in [2.05, 4.69) is 21.9 Å². The summed E-state index contributed by atoms with van der Waals surface area (Å²) in [6, 6.07) is 0.524. The van der Waals surface area contributed by atoms with Crippen molar-refractivity contribution in [1.82, 2.24) is 19.7 Å². The Labute approximate surface area is 127 Å². The highest BCUT2D eigenvalue weighted by atomic mass is 16.3. The Hall–Kier alpha value is -0.940. The molecule has 0 amide bonds. The van der Waals surface area contributed by atoms with Gasteiger partial charge in [-0.3, -0.25) is 4.90 Å². The molecule has 1 aromatic rings. The van der Waals surface area contributed by atoms with Crippen molar-refractivity contribution >= 4 is 0 Å². The van der Waals surface area contributed by atoms with Crippen LogP contribution in [0, 0.1) is 5.92 Å². The summed E-state index contributed by atoms with van der Waals surface area (Å²) in [6.45, 7) is 4.99. The zero-order valence-electron chi connectivity index (χ0n) is 13.1. The second-order valence-corrected chi connectivity index (χ2v) is 6.54. The van der Waals surface area contributed by atoms with Crippen LogP contribution in [0.5, 0.6) is 0 Å². The Morgan fingerprint density at radius 2 is 2.00 bits per heavy atom. The summed E-state index contributed by atoms with van der Waals surface area (Å²) >= 11 is 0. The van der Waals surface area contributed by atoms with E-state index in [0.29, 0.717) is 12.0 Å². The maximum atomic E-state index is 10.4. The highest BCUT2D eigenvalue weighted by Crippen LogP contribution is 2.34. The SMILES string of the molecule is CCn1ncnc1CN1CCCCC1C1CCCCC1O. The summed E-state index contributed by atoms with van der Waals surface area (Å²) in [4.78, 5) is 6.98. The maximum Gasteiger partial charge on any atom is 0.141 e. The monoisotopic (exact) mass is 292 g/mol. The van der Waals surface area contributed by atoms with Crippen LogP contribution in [0.4, 0.5) is 0 Å². The lowest BCUT2D eigenvalue weighted by Gasteiger charge is -2.43. The molecule has 2 fully saturated rings. The van der Waals surface area contributed by atoms with Gasteiger partial charge in [0.15, 0.2) is 0 Å². The fourth-order valence-electron chi connectivity index (χ4n) is 4.14. The van der Waals surface area contributed by atoms with Crippen molar-refractivity contribution in [3.8, 4) is 0 Å². The summed E-state index contributed by atoms with van der Waals surface area (Å²) in [5.74, 6) is 1.52. The molecule has 0 spiro atoms. The molecule has 1 saturated heterocycles. The predicted molar refractivity (Wildman–Crippen MR) is 81.7 cm³/mol. The van der Waals surface area contributed by atoms with Gasteiger partial charge in [0.2, 0.25) is 0 Å². The number of aliphatic hydroxyl groups is 1. The molecule has 1 aliphatic heterocycles. The number of nitrogens with zero attached hydrogens (tertiary/aromatic N) is 4. The minimum atomic E-state index is -0.103. The van der Waals surface area contributed by atoms with Crippen LogP contribution in [0.2, 0.25) is 0 Å². The fraction of sp³-hybridized carbons (Fsp3) is 0.875. The summed E-state index contributed by atoms with van der Waals surface area (Å²) in [6.07, 6.45) is 9.97. The van der Waals surface area contributed by atoms with Crippen LogP contribution in [-0.4, -0.2) is 43.5 Å². The van der Waals surface area contributed by atoms with Crippen LogP contribution in [0.25, 0.3) is 0 Å². The first-order chi connectivity index (χ1) is 10.3. The minimum absolute atomic E-state index is 0.103. The molecule has 1 aliphatic carbocycles. The fourth-order valence-corrected chi connectivity index (χ4v) is 4.14. The number of aromatic nitrogens is 3. The molecule has 1 aromatic heterocycles. The van der Waals surface area contributed by atoms with E-state index < -0.39 is 0 Å². The van der Waals surface area contributed by atoms with Crippen molar-refractivity contribution < 1.29 is 5.11 Å². The summed E-state index contributed by atoms with van der Waals surface area (Å²) in [5.41, 5.74) is 0. The van der Waals surface area contributed by atoms with Crippen LogP contribution in [0.15, 0.2) is 6.33 Å². The summed E-state index contributed by atoms with van der Waals surface area (Å²) < 4.78 is 1.99. The van der Waals surface area contributed by atoms with Gasteiger partial charge in [0.25, 0.3) is 0 Å². The first-order valence-electron chi connectivity index (χ1n) is 8.58. The van der Waals surface area contributed by atoms with Crippen LogP contribution in [0.3, 0.4) is 0 Å². The maximum absolute atomic E-state index is 10.4. The number of aliphatic hydroxyl groups excluding tert-OH is 1. The average molecular weight is 292 g/mol. The molecule has 0 aromatic carbocycles. The van der Waals surface area contributed by atoms with Crippen LogP contribution >= 0.6 is 0 Å². The quantitative estimate of drug-likeness (QED) is 0.924. The summed E-state index contributed by atoms with van der Waals surface area (Å²) in [5, 5.41) is 14.7. The van der Waals surface area contributed by atoms with Gasteiger partial charge in [-0.15, -0.1) is 0 Å². The first-order valence-corrected chi connectivity index (χ1v) is 8.58. The minimum Gasteiger partial charge on any atom is -0.393 e. The first kappa shape index (κ1) is 15.0. The number of likely N-dealkylation sites (tertiary alicyclic amines) is 1. The lowest BCUT2D eigenvalue weighted by atomic mass is 9.78. The van der Waals surface area contributed by atoms with E-state index in [4.69, 9.17) is 0 Å². The molecule has 3 rings (SSSR count). The van der Waals surface area contributed by atoms with Crippen LogP contribution in [-0.2, 0) is 13.1 Å². The summed E-state index contributed by atoms with van der Waals surface area (Å²) in [7, 11) is 0. The Morgan fingerprint density at radius 3 is 2.81 bits per heavy atom. The van der Waals surface area contributed by atoms with Gasteiger partial charge < -0.3 is 5.11 Å². The number of piperidine rings is 1. The van der Waals surface area contributed by atoms with E-state index in [-0.39, 0.29) is 6.10 Å². The molecular formula is C16H28N4O. The van der Waals surface area contributed by atoms with Crippen LogP contribution < -0.4 is 0 Å². The lowest BCUT2D eigenvalue weighted by molar-refractivity contribution is -0.00986. The molecule has 5 nitrogen and oxygen atoms in total. The Morgan fingerprint density at radius 1 is 1.19 bits per heavy atom. The molecule has 0 bridgehead atoms. The van der Waals surface area contributed by atoms with E-state index in [1.165, 1.54) is 38.5 Å². The number of rotatable bonds is 4. The van der Waals surface area contributed by atoms with Crippen molar-refractivity contribution in [3.05, 3.63) is 12.2 Å². The van der Waals surface area contributed by atoms with Crippen molar-refractivity contribution in [1.29, 1.82) is 0 Å². The molecule has 3 atom stereocenters. The van der Waals surface area contributed by atoms with Gasteiger partial charge in [-0.1, -0.05) is 19.3 Å². The van der Waals surface area contributed by atoms with Gasteiger partial charge in [-0.05, 0) is 39.2 Å². The smallest absolute Gasteiger partial charge is 0.141 e. The molecule has 5 heteroatoms. The highest BCUT2D eigenvalue weighted by molar-refractivity contribution is 4.93. The normalized spacial score (nSPS) is 31.4. The van der Waals surface area contributed by atoms with Crippen molar-refractivity contribution in [3.63, 3.8) is 0 Å². The molecule has 21 heavy (non-hydrogen) atoms. The van der Waals surface area contributed by atoms with Crippen molar-refractivity contribution in [2.24, 2.45) is 5.92 Å². The Bertz CT molecular complexity index is 447. The van der Waals surface area contributed by atoms with Gasteiger partial charge in [-0.25, -0.2) is 9.67 Å². The van der Waals surface area contributed by atoms with E-state index in [9.17, 15) is 5.11 Å². The Kier molecular flexibility index (Phi) is 4.91. The second-order valence-electron chi connectivity index (χ2n) is 6.54. The number of aryl methyl sites for hydroxylation is 1. The Balaban J connectivity index is 1.72. The third-order valence-corrected chi connectivity index (χ3v) is 5.28. The van der Waals surface area contributed by atoms with Crippen molar-refractivity contribution in [2.75, 3.05) is 6.54 Å². The molecule has 0 radical (unpaired) electrons. The standard InChI is InChI=1S/C16H28N4O/c1-2-20-16(17-12-18-20)11-19-10-6-5-8-14(19)13-7-3-4-9-15(13)21/h12-15,21H,2-11H2,1H3. The van der Waals surface area contributed by atoms with Gasteiger partial charge in [-0.2, -0.15) is 5.10 Å².